The molecule has 58 heavy (non-hydrogen) atoms. The van der Waals surface area contributed by atoms with E-state index >= 15 is 0 Å². The molecule has 0 amide bonds. The van der Waals surface area contributed by atoms with Crippen LogP contribution in [0.2, 0.25) is 20.1 Å². The van der Waals surface area contributed by atoms with Crippen molar-refractivity contribution in [2.45, 2.75) is 25.7 Å². The van der Waals surface area contributed by atoms with Crippen LogP contribution >= 0.6 is 57.7 Å². The van der Waals surface area contributed by atoms with Gasteiger partial charge in [-0.3, -0.25) is 9.59 Å². The Morgan fingerprint density at radius 2 is 1.33 bits per heavy atom. The van der Waals surface area contributed by atoms with Gasteiger partial charge in [-0.15, -0.1) is 11.3 Å². The first-order valence-corrected chi connectivity index (χ1v) is 21.0. The smallest absolute Gasteiger partial charge is 0.353 e. The molecule has 1 aliphatic rings. The lowest BCUT2D eigenvalue weighted by atomic mass is 9.81. The highest BCUT2D eigenvalue weighted by molar-refractivity contribution is 7.21. The van der Waals surface area contributed by atoms with Crippen molar-refractivity contribution in [1.29, 1.82) is 0 Å². The summed E-state index contributed by atoms with van der Waals surface area (Å²) in [6.07, 6.45) is 2.49. The maximum atomic E-state index is 14.6. The quantitative estimate of drug-likeness (QED) is 0.0693. The Morgan fingerprint density at radius 1 is 0.586 bits per heavy atom. The number of benzene rings is 7. The van der Waals surface area contributed by atoms with Gasteiger partial charge in [-0.05, 0) is 136 Å². The molecule has 9 rings (SSSR count). The standard InChI is InChI=1S/C49H30Cl4O4S/c50-31-17-14-28(15-18-31)47(55)46-36(27-8-2-1-3-9-27)25-35(34-12-6-7-13-42(54)45(34)46)30-16-20-40(52)38(23-30)37-22-29-10-4-5-11-33(29)48-39(37)26-44(58-48)49(56)57-43-21-19-32(51)24-41(43)53/h1-5,8-11,14-26H,6-7,12-13H2. The molecular formula is C49H30Cl4O4S. The second-order valence-electron chi connectivity index (χ2n) is 14.2. The van der Waals surface area contributed by atoms with Gasteiger partial charge in [0.2, 0.25) is 0 Å². The van der Waals surface area contributed by atoms with Crippen LogP contribution in [-0.4, -0.2) is 17.5 Å². The first-order chi connectivity index (χ1) is 28.1. The molecule has 9 heteroatoms. The maximum absolute atomic E-state index is 14.6. The van der Waals surface area contributed by atoms with Crippen molar-refractivity contribution in [3.63, 3.8) is 0 Å². The molecule has 4 nitrogen and oxygen atoms in total. The second kappa shape index (κ2) is 15.8. The molecule has 8 aromatic rings. The van der Waals surface area contributed by atoms with Crippen LogP contribution in [-0.2, 0) is 6.42 Å². The molecule has 0 radical (unpaired) electrons. The fourth-order valence-electron chi connectivity index (χ4n) is 7.87. The van der Waals surface area contributed by atoms with Gasteiger partial charge in [-0.2, -0.15) is 0 Å². The highest BCUT2D eigenvalue weighted by Gasteiger charge is 2.30. The predicted molar refractivity (Wildman–Crippen MR) is 239 cm³/mol. The monoisotopic (exact) mass is 854 g/mol. The van der Waals surface area contributed by atoms with Gasteiger partial charge in [0.25, 0.3) is 0 Å². The molecule has 284 valence electrons. The minimum Gasteiger partial charge on any atom is -0.421 e. The van der Waals surface area contributed by atoms with Gasteiger partial charge in [-0.25, -0.2) is 4.79 Å². The summed E-state index contributed by atoms with van der Waals surface area (Å²) in [6.45, 7) is 0. The Labute approximate surface area is 358 Å². The fourth-order valence-corrected chi connectivity index (χ4v) is 9.76. The molecule has 0 unspecified atom stereocenters. The molecule has 0 saturated carbocycles. The van der Waals surface area contributed by atoms with Gasteiger partial charge in [0, 0.05) is 53.8 Å². The molecule has 0 aliphatic heterocycles. The average molecular weight is 857 g/mol. The van der Waals surface area contributed by atoms with Gasteiger partial charge < -0.3 is 4.74 Å². The first-order valence-electron chi connectivity index (χ1n) is 18.7. The predicted octanol–water partition coefficient (Wildman–Crippen LogP) is 15.0. The third-order valence-electron chi connectivity index (χ3n) is 10.6. The molecule has 0 bridgehead atoms. The van der Waals surface area contributed by atoms with E-state index in [0.29, 0.717) is 55.0 Å². The lowest BCUT2D eigenvalue weighted by Gasteiger charge is -2.21. The molecule has 1 heterocycles. The van der Waals surface area contributed by atoms with Crippen LogP contribution in [0.5, 0.6) is 5.75 Å². The molecule has 0 fully saturated rings. The number of halogens is 4. The molecule has 0 saturated heterocycles. The van der Waals surface area contributed by atoms with Gasteiger partial charge in [0.15, 0.2) is 11.6 Å². The lowest BCUT2D eigenvalue weighted by Crippen LogP contribution is -2.15. The highest BCUT2D eigenvalue weighted by atomic mass is 35.5. The third kappa shape index (κ3) is 7.12. The Kier molecular flexibility index (Phi) is 10.4. The Bertz CT molecular complexity index is 2970. The van der Waals surface area contributed by atoms with Crippen molar-refractivity contribution in [3.05, 3.63) is 181 Å². The number of fused-ring (bicyclic) bond motifs is 4. The number of Topliss-reactive ketones (excluding diaryl/α,β-unsaturated/α-hetero) is 1. The van der Waals surface area contributed by atoms with E-state index in [1.54, 1.807) is 36.4 Å². The molecule has 1 aromatic heterocycles. The summed E-state index contributed by atoms with van der Waals surface area (Å²) in [5.41, 5.74) is 6.98. The number of carbonyl (C=O) groups excluding carboxylic acids is 3. The number of ether oxygens (including phenoxy) is 1. The maximum Gasteiger partial charge on any atom is 0.353 e. The molecule has 0 N–H and O–H groups in total. The zero-order valence-corrected chi connectivity index (χ0v) is 34.4. The van der Waals surface area contributed by atoms with E-state index in [1.165, 1.54) is 17.4 Å². The van der Waals surface area contributed by atoms with E-state index in [0.717, 1.165) is 67.1 Å². The number of esters is 1. The zero-order chi connectivity index (χ0) is 40.1. The molecule has 1 aliphatic carbocycles. The number of ketones is 2. The van der Waals surface area contributed by atoms with E-state index in [-0.39, 0.29) is 22.3 Å². The normalized spacial score (nSPS) is 12.7. The SMILES string of the molecule is O=C(Oc1ccc(Cl)cc1Cl)c1cc2c(-c3cc(-c4cc(-c5ccccc5)c(C(=O)c5ccc(Cl)cc5)c5c4CCCCC5=O)ccc3Cl)cc3ccccc3c2s1. The van der Waals surface area contributed by atoms with Crippen LogP contribution in [0.25, 0.3) is 54.2 Å². The van der Waals surface area contributed by atoms with Crippen molar-refractivity contribution >= 4 is 96.1 Å². The summed E-state index contributed by atoms with van der Waals surface area (Å²) in [5.74, 6) is -0.613. The van der Waals surface area contributed by atoms with E-state index < -0.39 is 5.97 Å². The minimum absolute atomic E-state index is 0.0492. The summed E-state index contributed by atoms with van der Waals surface area (Å²) in [7, 11) is 0. The third-order valence-corrected chi connectivity index (χ3v) is 12.9. The minimum atomic E-state index is -0.547. The second-order valence-corrected chi connectivity index (χ2v) is 16.9. The highest BCUT2D eigenvalue weighted by Crippen LogP contribution is 2.46. The van der Waals surface area contributed by atoms with Crippen molar-refractivity contribution in [2.75, 3.05) is 0 Å². The van der Waals surface area contributed by atoms with E-state index in [1.807, 2.05) is 72.8 Å². The van der Waals surface area contributed by atoms with Crippen molar-refractivity contribution in [1.82, 2.24) is 0 Å². The first kappa shape index (κ1) is 38.3. The average Bonchev–Trinajstić information content (AvgIpc) is 3.60. The Hall–Kier alpha value is -5.27. The largest absolute Gasteiger partial charge is 0.421 e. The Balaban J connectivity index is 1.25. The van der Waals surface area contributed by atoms with E-state index in [9.17, 15) is 14.4 Å². The van der Waals surface area contributed by atoms with Gasteiger partial charge in [0.05, 0.1) is 5.02 Å². The number of hydrogen-bond acceptors (Lipinski definition) is 5. The number of hydrogen-bond donors (Lipinski definition) is 0. The summed E-state index contributed by atoms with van der Waals surface area (Å²) in [6, 6.07) is 41.1. The van der Waals surface area contributed by atoms with Crippen LogP contribution in [0, 0.1) is 0 Å². The Morgan fingerprint density at radius 3 is 2.12 bits per heavy atom. The molecule has 0 atom stereocenters. The van der Waals surface area contributed by atoms with Crippen molar-refractivity contribution in [2.24, 2.45) is 0 Å². The van der Waals surface area contributed by atoms with Gasteiger partial charge in [0.1, 0.15) is 10.6 Å². The molecular weight excluding hydrogens is 826 g/mol. The topological polar surface area (TPSA) is 60.4 Å². The van der Waals surface area contributed by atoms with Crippen LogP contribution in [0.3, 0.4) is 0 Å². The number of thiophene rings is 1. The van der Waals surface area contributed by atoms with Crippen LogP contribution < -0.4 is 4.74 Å². The van der Waals surface area contributed by atoms with E-state index in [2.05, 4.69) is 18.2 Å². The van der Waals surface area contributed by atoms with Crippen molar-refractivity contribution < 1.29 is 19.1 Å². The molecule has 0 spiro atoms. The van der Waals surface area contributed by atoms with E-state index in [4.69, 9.17) is 51.1 Å². The van der Waals surface area contributed by atoms with Gasteiger partial charge >= 0.3 is 5.97 Å². The summed E-state index contributed by atoms with van der Waals surface area (Å²) in [5, 5.41) is 4.50. The van der Waals surface area contributed by atoms with Gasteiger partial charge in [-0.1, -0.05) is 107 Å². The zero-order valence-electron chi connectivity index (χ0n) is 30.6. The fraction of sp³-hybridized carbons (Fsp3) is 0.0816. The summed E-state index contributed by atoms with van der Waals surface area (Å²) in [4.78, 5) is 42.9. The lowest BCUT2D eigenvalue weighted by molar-refractivity contribution is 0.0739. The van der Waals surface area contributed by atoms with Crippen LogP contribution in [0.4, 0.5) is 0 Å². The number of carbonyl (C=O) groups is 3. The summed E-state index contributed by atoms with van der Waals surface area (Å²) >= 11 is 27.1. The number of rotatable bonds is 7. The van der Waals surface area contributed by atoms with Crippen LogP contribution in [0.1, 0.15) is 60.8 Å². The van der Waals surface area contributed by atoms with Crippen LogP contribution in [0.15, 0.2) is 133 Å². The summed E-state index contributed by atoms with van der Waals surface area (Å²) < 4.78 is 6.65. The molecule has 7 aromatic carbocycles. The van der Waals surface area contributed by atoms with Crippen molar-refractivity contribution in [3.8, 4) is 39.1 Å².